The fourth-order valence-electron chi connectivity index (χ4n) is 3.99. The number of hydrogen-bond acceptors (Lipinski definition) is 4. The molecule has 0 amide bonds. The van der Waals surface area contributed by atoms with Crippen LogP contribution < -0.4 is 4.74 Å². The Kier molecular flexibility index (Phi) is 5.70. The van der Waals surface area contributed by atoms with Gasteiger partial charge in [0.05, 0.1) is 17.6 Å². The number of para-hydroxylation sites is 2. The van der Waals surface area contributed by atoms with Gasteiger partial charge in [0.2, 0.25) is 0 Å². The second-order valence-corrected chi connectivity index (χ2v) is 7.37. The molecule has 2 heterocycles. The van der Waals surface area contributed by atoms with E-state index >= 15 is 0 Å². The lowest BCUT2D eigenvalue weighted by molar-refractivity contribution is 0.165. The third-order valence-electron chi connectivity index (χ3n) is 5.19. The Morgan fingerprint density at radius 1 is 1.19 bits per heavy atom. The SMILES string of the molecule is OCCOc1cccc(CN2CCC[C@H](Cc3nc4ccccc4[nH]3)C2)c1. The van der Waals surface area contributed by atoms with Crippen LogP contribution in [0, 0.1) is 5.92 Å². The summed E-state index contributed by atoms with van der Waals surface area (Å²) in [5, 5.41) is 8.91. The van der Waals surface area contributed by atoms with Gasteiger partial charge in [-0.2, -0.15) is 0 Å². The quantitative estimate of drug-likeness (QED) is 0.674. The van der Waals surface area contributed by atoms with Crippen molar-refractivity contribution in [3.05, 3.63) is 59.9 Å². The van der Waals surface area contributed by atoms with E-state index in [0.717, 1.165) is 48.7 Å². The van der Waals surface area contributed by atoms with Crippen molar-refractivity contribution >= 4 is 11.0 Å². The molecule has 2 N–H and O–H groups in total. The molecule has 0 aliphatic carbocycles. The average Bonchev–Trinajstić information content (AvgIpc) is 3.09. The van der Waals surface area contributed by atoms with Gasteiger partial charge in [0.25, 0.3) is 0 Å². The molecule has 1 aliphatic heterocycles. The highest BCUT2D eigenvalue weighted by Crippen LogP contribution is 2.23. The van der Waals surface area contributed by atoms with Gasteiger partial charge in [0, 0.05) is 19.5 Å². The number of benzene rings is 2. The number of nitrogens with zero attached hydrogens (tertiary/aromatic N) is 2. The van der Waals surface area contributed by atoms with Crippen molar-refractivity contribution in [3.63, 3.8) is 0 Å². The van der Waals surface area contributed by atoms with Crippen LogP contribution in [0.25, 0.3) is 11.0 Å². The van der Waals surface area contributed by atoms with Crippen molar-refractivity contribution in [2.24, 2.45) is 5.92 Å². The molecular weight excluding hydrogens is 338 g/mol. The van der Waals surface area contributed by atoms with E-state index in [-0.39, 0.29) is 6.61 Å². The van der Waals surface area contributed by atoms with E-state index in [1.165, 1.54) is 18.4 Å². The van der Waals surface area contributed by atoms with E-state index in [2.05, 4.69) is 34.1 Å². The largest absolute Gasteiger partial charge is 0.491 e. The molecule has 3 aromatic rings. The monoisotopic (exact) mass is 365 g/mol. The van der Waals surface area contributed by atoms with Crippen LogP contribution >= 0.6 is 0 Å². The summed E-state index contributed by atoms with van der Waals surface area (Å²) in [5.74, 6) is 2.56. The van der Waals surface area contributed by atoms with Gasteiger partial charge in [-0.15, -0.1) is 0 Å². The van der Waals surface area contributed by atoms with Crippen LogP contribution in [-0.2, 0) is 13.0 Å². The number of likely N-dealkylation sites (tertiary alicyclic amines) is 1. The van der Waals surface area contributed by atoms with E-state index in [1.54, 1.807) is 0 Å². The summed E-state index contributed by atoms with van der Waals surface area (Å²) < 4.78 is 5.53. The van der Waals surface area contributed by atoms with Crippen LogP contribution in [0.3, 0.4) is 0 Å². The minimum absolute atomic E-state index is 0.0415. The molecule has 27 heavy (non-hydrogen) atoms. The molecule has 0 bridgehead atoms. The zero-order valence-electron chi connectivity index (χ0n) is 15.6. The summed E-state index contributed by atoms with van der Waals surface area (Å²) >= 11 is 0. The van der Waals surface area contributed by atoms with Crippen molar-refractivity contribution in [3.8, 4) is 5.75 Å². The smallest absolute Gasteiger partial charge is 0.119 e. The Balaban J connectivity index is 1.36. The first kappa shape index (κ1) is 18.0. The minimum atomic E-state index is 0.0415. The Labute approximate surface area is 160 Å². The van der Waals surface area contributed by atoms with Crippen LogP contribution in [0.4, 0.5) is 0 Å². The molecular formula is C22H27N3O2. The maximum absolute atomic E-state index is 8.91. The van der Waals surface area contributed by atoms with Gasteiger partial charge < -0.3 is 14.8 Å². The van der Waals surface area contributed by atoms with Crippen molar-refractivity contribution in [2.45, 2.75) is 25.8 Å². The van der Waals surface area contributed by atoms with Gasteiger partial charge in [-0.3, -0.25) is 4.90 Å². The predicted octanol–water partition coefficient (Wildman–Crippen LogP) is 3.39. The number of aromatic amines is 1. The molecule has 1 fully saturated rings. The van der Waals surface area contributed by atoms with Gasteiger partial charge >= 0.3 is 0 Å². The van der Waals surface area contributed by atoms with Crippen LogP contribution in [0.5, 0.6) is 5.75 Å². The normalized spacial score (nSPS) is 18.0. The molecule has 142 valence electrons. The van der Waals surface area contributed by atoms with E-state index < -0.39 is 0 Å². The summed E-state index contributed by atoms with van der Waals surface area (Å²) in [7, 11) is 0. The molecule has 2 aromatic carbocycles. The first-order chi connectivity index (χ1) is 13.3. The lowest BCUT2D eigenvalue weighted by Crippen LogP contribution is -2.35. The van der Waals surface area contributed by atoms with Gasteiger partial charge in [-0.25, -0.2) is 4.98 Å². The van der Waals surface area contributed by atoms with E-state index in [0.29, 0.717) is 12.5 Å². The maximum Gasteiger partial charge on any atom is 0.119 e. The molecule has 5 heteroatoms. The number of piperidine rings is 1. The van der Waals surface area contributed by atoms with Crippen molar-refractivity contribution in [1.29, 1.82) is 0 Å². The molecule has 5 nitrogen and oxygen atoms in total. The number of nitrogens with one attached hydrogen (secondary N) is 1. The number of hydrogen-bond donors (Lipinski definition) is 2. The Hall–Kier alpha value is -2.37. The molecule has 4 rings (SSSR count). The number of ether oxygens (including phenoxy) is 1. The van der Waals surface area contributed by atoms with Crippen LogP contribution in [0.15, 0.2) is 48.5 Å². The van der Waals surface area contributed by atoms with Crippen LogP contribution in [0.2, 0.25) is 0 Å². The zero-order chi connectivity index (χ0) is 18.5. The Bertz CT molecular complexity index is 844. The number of aliphatic hydroxyl groups excluding tert-OH is 1. The highest BCUT2D eigenvalue weighted by atomic mass is 16.5. The average molecular weight is 365 g/mol. The molecule has 0 unspecified atom stereocenters. The first-order valence-corrected chi connectivity index (χ1v) is 9.79. The lowest BCUT2D eigenvalue weighted by Gasteiger charge is -2.32. The van der Waals surface area contributed by atoms with Gasteiger partial charge in [-0.1, -0.05) is 24.3 Å². The number of H-pyrrole nitrogens is 1. The second kappa shape index (κ2) is 8.55. The van der Waals surface area contributed by atoms with Crippen LogP contribution in [-0.4, -0.2) is 46.3 Å². The number of rotatable bonds is 7. The predicted molar refractivity (Wildman–Crippen MR) is 107 cm³/mol. The minimum Gasteiger partial charge on any atom is -0.491 e. The van der Waals surface area contributed by atoms with E-state index in [9.17, 15) is 0 Å². The molecule has 0 spiro atoms. The van der Waals surface area contributed by atoms with E-state index in [4.69, 9.17) is 14.8 Å². The highest BCUT2D eigenvalue weighted by molar-refractivity contribution is 5.74. The number of aromatic nitrogens is 2. The van der Waals surface area contributed by atoms with Crippen molar-refractivity contribution < 1.29 is 9.84 Å². The number of imidazole rings is 1. The van der Waals surface area contributed by atoms with Crippen molar-refractivity contribution in [1.82, 2.24) is 14.9 Å². The summed E-state index contributed by atoms with van der Waals surface area (Å²) in [5.41, 5.74) is 3.44. The molecule has 1 atom stereocenters. The molecule has 1 aliphatic rings. The maximum atomic E-state index is 8.91. The third kappa shape index (κ3) is 4.67. The van der Waals surface area contributed by atoms with Gasteiger partial charge in [0.1, 0.15) is 18.2 Å². The first-order valence-electron chi connectivity index (χ1n) is 9.79. The topological polar surface area (TPSA) is 61.4 Å². The summed E-state index contributed by atoms with van der Waals surface area (Å²) in [6.07, 6.45) is 3.49. The second-order valence-electron chi connectivity index (χ2n) is 7.37. The summed E-state index contributed by atoms with van der Waals surface area (Å²) in [4.78, 5) is 10.7. The van der Waals surface area contributed by atoms with Gasteiger partial charge in [0.15, 0.2) is 0 Å². The Morgan fingerprint density at radius 3 is 3.00 bits per heavy atom. The fourth-order valence-corrected chi connectivity index (χ4v) is 3.99. The zero-order valence-corrected chi connectivity index (χ0v) is 15.6. The fraction of sp³-hybridized carbons (Fsp3) is 0.409. The third-order valence-corrected chi connectivity index (χ3v) is 5.19. The van der Waals surface area contributed by atoms with Gasteiger partial charge in [-0.05, 0) is 55.1 Å². The molecule has 0 radical (unpaired) electrons. The highest BCUT2D eigenvalue weighted by Gasteiger charge is 2.21. The summed E-state index contributed by atoms with van der Waals surface area (Å²) in [6.45, 7) is 3.55. The molecule has 0 saturated carbocycles. The summed E-state index contributed by atoms with van der Waals surface area (Å²) in [6, 6.07) is 16.4. The van der Waals surface area contributed by atoms with Crippen molar-refractivity contribution in [2.75, 3.05) is 26.3 Å². The van der Waals surface area contributed by atoms with E-state index in [1.807, 2.05) is 24.3 Å². The standard InChI is InChI=1S/C22H27N3O2/c26-11-12-27-19-7-3-5-17(13-19)15-25-10-4-6-18(16-25)14-22-23-20-8-1-2-9-21(20)24-22/h1-3,5,7-9,13,18,26H,4,6,10-12,14-16H2,(H,23,24)/t18-/m1/s1. The van der Waals surface area contributed by atoms with Crippen LogP contribution in [0.1, 0.15) is 24.2 Å². The lowest BCUT2D eigenvalue weighted by atomic mass is 9.94. The molecule has 1 aromatic heterocycles. The number of fused-ring (bicyclic) bond motifs is 1. The number of aliphatic hydroxyl groups is 1. The molecule has 1 saturated heterocycles. The Morgan fingerprint density at radius 2 is 2.11 bits per heavy atom.